The van der Waals surface area contributed by atoms with E-state index in [1.807, 2.05) is 24.9 Å². The Kier molecular flexibility index (Phi) is 3.23. The van der Waals surface area contributed by atoms with Gasteiger partial charge in [0.2, 0.25) is 6.79 Å². The summed E-state index contributed by atoms with van der Waals surface area (Å²) in [5.41, 5.74) is -0.349. The molecule has 148 valence electrons. The molecule has 1 aromatic carbocycles. The highest BCUT2D eigenvalue weighted by Gasteiger charge is 2.62. The topological polar surface area (TPSA) is 59.1 Å². The minimum Gasteiger partial charge on any atom is -0.454 e. The predicted octanol–water partition coefficient (Wildman–Crippen LogP) is 3.22. The van der Waals surface area contributed by atoms with Gasteiger partial charge >= 0.3 is 0 Å². The first-order valence-corrected chi connectivity index (χ1v) is 10.5. The van der Waals surface area contributed by atoms with Crippen molar-refractivity contribution in [3.63, 3.8) is 0 Å². The fourth-order valence-electron chi connectivity index (χ4n) is 6.82. The summed E-state index contributed by atoms with van der Waals surface area (Å²) in [6, 6.07) is 5.55. The molecule has 6 heteroatoms. The molecule has 6 nitrogen and oxygen atoms in total. The smallest absolute Gasteiger partial charge is 0.277 e. The number of ether oxygens (including phenoxy) is 2. The summed E-state index contributed by atoms with van der Waals surface area (Å²) in [6.07, 6.45) is 6.21. The van der Waals surface area contributed by atoms with Crippen molar-refractivity contribution in [3.8, 4) is 11.5 Å². The molecule has 2 heterocycles. The van der Waals surface area contributed by atoms with E-state index in [1.165, 1.54) is 32.1 Å². The van der Waals surface area contributed by atoms with Crippen molar-refractivity contribution >= 4 is 11.8 Å². The van der Waals surface area contributed by atoms with E-state index in [1.54, 1.807) is 17.1 Å². The van der Waals surface area contributed by atoms with Crippen LogP contribution in [0.4, 0.5) is 0 Å². The van der Waals surface area contributed by atoms with Crippen molar-refractivity contribution in [2.45, 2.75) is 57.5 Å². The maximum absolute atomic E-state index is 13.6. The molecule has 1 aromatic rings. The molecule has 0 N–H and O–H groups in total. The fourth-order valence-corrected chi connectivity index (χ4v) is 6.82. The van der Waals surface area contributed by atoms with Crippen LogP contribution >= 0.6 is 0 Å². The van der Waals surface area contributed by atoms with Crippen LogP contribution in [0.25, 0.3) is 0 Å². The number of nitrogens with zero attached hydrogens (tertiary/aromatic N) is 2. The summed E-state index contributed by atoms with van der Waals surface area (Å²) in [7, 11) is 0. The minimum absolute atomic E-state index is 0.0723. The molecule has 0 spiro atoms. The largest absolute Gasteiger partial charge is 0.454 e. The van der Waals surface area contributed by atoms with E-state index in [-0.39, 0.29) is 24.6 Å². The molecular weight excluding hydrogens is 356 g/mol. The average molecular weight is 382 g/mol. The van der Waals surface area contributed by atoms with E-state index < -0.39 is 5.54 Å². The summed E-state index contributed by atoms with van der Waals surface area (Å²) in [5.74, 6) is 3.72. The van der Waals surface area contributed by atoms with Gasteiger partial charge in [-0.25, -0.2) is 10.0 Å². The maximum atomic E-state index is 13.6. The molecule has 1 saturated heterocycles. The van der Waals surface area contributed by atoms with Crippen LogP contribution in [0.15, 0.2) is 18.2 Å². The zero-order valence-corrected chi connectivity index (χ0v) is 16.4. The van der Waals surface area contributed by atoms with Gasteiger partial charge in [0.1, 0.15) is 5.54 Å². The molecule has 7 rings (SSSR count). The SMILES string of the molecule is CC1(C)C(=O)N(C2C3CC4CC(C3)CC2C4)N1C(=O)c1cccc2c1OCO2. The lowest BCUT2D eigenvalue weighted by Gasteiger charge is -2.65. The molecule has 4 bridgehead atoms. The Bertz CT molecular complexity index is 851. The molecule has 5 fully saturated rings. The number of fused-ring (bicyclic) bond motifs is 1. The van der Waals surface area contributed by atoms with Crippen molar-refractivity contribution in [1.82, 2.24) is 10.0 Å². The third-order valence-electron chi connectivity index (χ3n) is 7.76. The Balaban J connectivity index is 1.36. The summed E-state index contributed by atoms with van der Waals surface area (Å²) < 4.78 is 11.0. The van der Waals surface area contributed by atoms with Gasteiger partial charge in [0, 0.05) is 0 Å². The van der Waals surface area contributed by atoms with Crippen LogP contribution < -0.4 is 9.47 Å². The standard InChI is InChI=1S/C22H26N2O4/c1-22(2)21(26)23(18-14-7-12-6-13(9-14)10-15(18)8-12)24(22)20(25)16-4-3-5-17-19(16)28-11-27-17/h3-5,12-15,18H,6-11H2,1-2H3. The van der Waals surface area contributed by atoms with Crippen LogP contribution in [-0.4, -0.2) is 40.2 Å². The number of benzene rings is 1. The highest BCUT2D eigenvalue weighted by atomic mass is 16.7. The number of hydrogen-bond acceptors (Lipinski definition) is 4. The van der Waals surface area contributed by atoms with Gasteiger partial charge < -0.3 is 9.47 Å². The van der Waals surface area contributed by atoms with Gasteiger partial charge in [0.05, 0.1) is 11.6 Å². The summed E-state index contributed by atoms with van der Waals surface area (Å²) >= 11 is 0. The molecule has 0 atom stereocenters. The van der Waals surface area contributed by atoms with E-state index in [4.69, 9.17) is 9.47 Å². The van der Waals surface area contributed by atoms with Gasteiger partial charge in [-0.15, -0.1) is 0 Å². The number of rotatable bonds is 2. The monoisotopic (exact) mass is 382 g/mol. The second-order valence-corrected chi connectivity index (χ2v) is 9.79. The normalized spacial score (nSPS) is 36.6. The molecule has 2 aliphatic heterocycles. The molecule has 2 amide bonds. The molecule has 0 aromatic heterocycles. The average Bonchev–Trinajstić information content (AvgIpc) is 3.14. The second-order valence-electron chi connectivity index (χ2n) is 9.79. The van der Waals surface area contributed by atoms with Crippen LogP contribution in [0.2, 0.25) is 0 Å². The van der Waals surface area contributed by atoms with Crippen molar-refractivity contribution in [2.24, 2.45) is 23.7 Å². The minimum atomic E-state index is -0.825. The van der Waals surface area contributed by atoms with Gasteiger partial charge in [-0.05, 0) is 81.8 Å². The van der Waals surface area contributed by atoms with Crippen LogP contribution in [-0.2, 0) is 4.79 Å². The molecule has 6 aliphatic rings. The number of hydrogen-bond donors (Lipinski definition) is 0. The van der Waals surface area contributed by atoms with Crippen molar-refractivity contribution in [1.29, 1.82) is 0 Å². The Morgan fingerprint density at radius 2 is 1.71 bits per heavy atom. The number of carbonyl (C=O) groups is 2. The van der Waals surface area contributed by atoms with Crippen LogP contribution in [0.3, 0.4) is 0 Å². The zero-order valence-electron chi connectivity index (χ0n) is 16.4. The third kappa shape index (κ3) is 2.04. The molecule has 0 unspecified atom stereocenters. The van der Waals surface area contributed by atoms with E-state index in [0.717, 1.165) is 11.8 Å². The van der Waals surface area contributed by atoms with Gasteiger partial charge in [-0.3, -0.25) is 9.59 Å². The highest BCUT2D eigenvalue weighted by molar-refractivity contribution is 6.06. The fraction of sp³-hybridized carbons (Fsp3) is 0.636. The van der Waals surface area contributed by atoms with E-state index in [2.05, 4.69) is 0 Å². The van der Waals surface area contributed by atoms with E-state index in [9.17, 15) is 9.59 Å². The Morgan fingerprint density at radius 3 is 2.39 bits per heavy atom. The quantitative estimate of drug-likeness (QED) is 0.788. The van der Waals surface area contributed by atoms with Crippen molar-refractivity contribution in [3.05, 3.63) is 23.8 Å². The summed E-state index contributed by atoms with van der Waals surface area (Å²) in [4.78, 5) is 26.8. The first-order chi connectivity index (χ1) is 13.4. The van der Waals surface area contributed by atoms with Crippen LogP contribution in [0.1, 0.15) is 56.3 Å². The molecule has 4 saturated carbocycles. The lowest BCUT2D eigenvalue weighted by molar-refractivity contribution is -0.230. The van der Waals surface area contributed by atoms with Crippen LogP contribution in [0, 0.1) is 23.7 Å². The van der Waals surface area contributed by atoms with Gasteiger partial charge in [0.15, 0.2) is 11.5 Å². The van der Waals surface area contributed by atoms with Gasteiger partial charge in [0.25, 0.3) is 11.8 Å². The van der Waals surface area contributed by atoms with Gasteiger partial charge in [-0.2, -0.15) is 0 Å². The molecule has 4 aliphatic carbocycles. The summed E-state index contributed by atoms with van der Waals surface area (Å²) in [5, 5.41) is 3.53. The Hall–Kier alpha value is -2.24. The van der Waals surface area contributed by atoms with Crippen molar-refractivity contribution in [2.75, 3.05) is 6.79 Å². The molecule has 28 heavy (non-hydrogen) atoms. The molecule has 0 radical (unpaired) electrons. The predicted molar refractivity (Wildman–Crippen MR) is 100 cm³/mol. The maximum Gasteiger partial charge on any atom is 0.277 e. The Morgan fingerprint density at radius 1 is 1.04 bits per heavy atom. The highest BCUT2D eigenvalue weighted by Crippen LogP contribution is 2.57. The number of carbonyl (C=O) groups excluding carboxylic acids is 2. The van der Waals surface area contributed by atoms with E-state index >= 15 is 0 Å². The molecular formula is C22H26N2O4. The van der Waals surface area contributed by atoms with Crippen LogP contribution in [0.5, 0.6) is 11.5 Å². The Labute approximate surface area is 164 Å². The lowest BCUT2D eigenvalue weighted by Crippen LogP contribution is -2.80. The number of para-hydroxylation sites is 1. The first kappa shape index (κ1) is 16.7. The lowest BCUT2D eigenvalue weighted by atomic mass is 9.53. The zero-order chi connectivity index (χ0) is 19.2. The number of hydrazine groups is 1. The number of amides is 2. The third-order valence-corrected chi connectivity index (χ3v) is 7.76. The second kappa shape index (κ2) is 5.43. The summed E-state index contributed by atoms with van der Waals surface area (Å²) in [6.45, 7) is 3.82. The first-order valence-electron chi connectivity index (χ1n) is 10.5. The van der Waals surface area contributed by atoms with Gasteiger partial charge in [-0.1, -0.05) is 6.07 Å². The van der Waals surface area contributed by atoms with E-state index in [0.29, 0.717) is 28.9 Å². The van der Waals surface area contributed by atoms with Crippen molar-refractivity contribution < 1.29 is 19.1 Å².